The van der Waals surface area contributed by atoms with Crippen molar-refractivity contribution in [2.45, 2.75) is 52.0 Å². The first-order chi connectivity index (χ1) is 14.7. The van der Waals surface area contributed by atoms with Crippen LogP contribution in [0.1, 0.15) is 66.8 Å². The van der Waals surface area contributed by atoms with E-state index in [1.165, 1.54) is 0 Å². The molecule has 5 nitrogen and oxygen atoms in total. The Bertz CT molecular complexity index is 921. The Labute approximate surface area is 184 Å². The van der Waals surface area contributed by atoms with E-state index < -0.39 is 6.04 Å². The maximum Gasteiger partial charge on any atom is 0.251 e. The largest absolute Gasteiger partial charge is 0.341 e. The summed E-state index contributed by atoms with van der Waals surface area (Å²) < 4.78 is 0. The van der Waals surface area contributed by atoms with Gasteiger partial charge in [0.2, 0.25) is 5.91 Å². The molecule has 2 aromatic carbocycles. The lowest BCUT2D eigenvalue weighted by Crippen LogP contribution is -2.49. The monoisotopic (exact) mass is 420 g/mol. The highest BCUT2D eigenvalue weighted by Gasteiger charge is 2.30. The summed E-state index contributed by atoms with van der Waals surface area (Å²) in [5, 5.41) is 2.81. The molecule has 0 aliphatic carbocycles. The Morgan fingerprint density at radius 1 is 0.903 bits per heavy atom. The Morgan fingerprint density at radius 2 is 1.48 bits per heavy atom. The molecule has 0 spiro atoms. The van der Waals surface area contributed by atoms with Gasteiger partial charge in [0.25, 0.3) is 5.91 Å². The van der Waals surface area contributed by atoms with Crippen LogP contribution in [-0.2, 0) is 10.2 Å². The zero-order chi connectivity index (χ0) is 22.6. The molecule has 1 fully saturated rings. The van der Waals surface area contributed by atoms with Crippen molar-refractivity contribution in [3.05, 3.63) is 71.3 Å². The van der Waals surface area contributed by atoms with Crippen molar-refractivity contribution in [3.63, 3.8) is 0 Å². The van der Waals surface area contributed by atoms with Gasteiger partial charge in [0.05, 0.1) is 0 Å². The second-order valence-corrected chi connectivity index (χ2v) is 9.35. The van der Waals surface area contributed by atoms with E-state index in [1.807, 2.05) is 42.5 Å². The fraction of sp³-hybridized carbons (Fsp3) is 0.423. The van der Waals surface area contributed by atoms with Gasteiger partial charge in [-0.1, -0.05) is 63.2 Å². The lowest BCUT2D eigenvalue weighted by atomic mass is 9.86. The van der Waals surface area contributed by atoms with Crippen LogP contribution in [0.2, 0.25) is 0 Å². The van der Waals surface area contributed by atoms with Gasteiger partial charge in [-0.3, -0.25) is 14.4 Å². The summed E-state index contributed by atoms with van der Waals surface area (Å²) in [6.07, 6.45) is 1.29. The summed E-state index contributed by atoms with van der Waals surface area (Å²) >= 11 is 0. The van der Waals surface area contributed by atoms with E-state index in [0.29, 0.717) is 31.5 Å². The summed E-state index contributed by atoms with van der Waals surface area (Å²) in [6.45, 7) is 9.15. The number of hydrogen-bond acceptors (Lipinski definition) is 3. The molecule has 2 aromatic rings. The molecule has 3 rings (SSSR count). The second-order valence-electron chi connectivity index (χ2n) is 9.35. The van der Waals surface area contributed by atoms with Crippen LogP contribution in [0, 0.1) is 5.92 Å². The maximum atomic E-state index is 12.8. The maximum absolute atomic E-state index is 12.8. The number of amides is 2. The lowest BCUT2D eigenvalue weighted by molar-refractivity contribution is -0.134. The summed E-state index contributed by atoms with van der Waals surface area (Å²) in [7, 11) is 0. The third kappa shape index (κ3) is 5.60. The first kappa shape index (κ1) is 22.7. The molecule has 1 saturated heterocycles. The molecule has 5 heteroatoms. The highest BCUT2D eigenvalue weighted by Crippen LogP contribution is 2.23. The van der Waals surface area contributed by atoms with E-state index in [9.17, 15) is 14.4 Å². The fourth-order valence-corrected chi connectivity index (χ4v) is 3.94. The van der Waals surface area contributed by atoms with Crippen molar-refractivity contribution in [2.75, 3.05) is 13.1 Å². The Morgan fingerprint density at radius 3 is 2.03 bits per heavy atom. The SMILES string of the molecule is C[C@H](NC(=O)c1ccc(C(C)(C)C)cc1)C(=O)N1CCC(C(=O)c2ccccc2)CC1. The molecule has 0 bridgehead atoms. The number of nitrogens with zero attached hydrogens (tertiary/aromatic N) is 1. The molecule has 0 aromatic heterocycles. The third-order valence-corrected chi connectivity index (χ3v) is 5.97. The molecule has 1 heterocycles. The number of ketones is 1. The van der Waals surface area contributed by atoms with Crippen molar-refractivity contribution in [3.8, 4) is 0 Å². The van der Waals surface area contributed by atoms with Crippen LogP contribution in [-0.4, -0.2) is 41.6 Å². The fourth-order valence-electron chi connectivity index (χ4n) is 3.94. The topological polar surface area (TPSA) is 66.5 Å². The zero-order valence-electron chi connectivity index (χ0n) is 18.9. The van der Waals surface area contributed by atoms with Gasteiger partial charge >= 0.3 is 0 Å². The van der Waals surface area contributed by atoms with Crippen LogP contribution in [0.4, 0.5) is 0 Å². The van der Waals surface area contributed by atoms with Crippen LogP contribution in [0.15, 0.2) is 54.6 Å². The molecular weight excluding hydrogens is 388 g/mol. The first-order valence-electron chi connectivity index (χ1n) is 11.0. The summed E-state index contributed by atoms with van der Waals surface area (Å²) in [5.74, 6) is -0.272. The van der Waals surface area contributed by atoms with Gasteiger partial charge in [-0.2, -0.15) is 0 Å². The van der Waals surface area contributed by atoms with E-state index in [1.54, 1.807) is 24.0 Å². The van der Waals surface area contributed by atoms with Gasteiger partial charge in [0, 0.05) is 30.1 Å². The van der Waals surface area contributed by atoms with Gasteiger partial charge in [-0.15, -0.1) is 0 Å². The number of rotatable bonds is 5. The summed E-state index contributed by atoms with van der Waals surface area (Å²) in [6, 6.07) is 16.2. The van der Waals surface area contributed by atoms with Gasteiger partial charge in [-0.05, 0) is 42.9 Å². The average molecular weight is 421 g/mol. The predicted molar refractivity (Wildman–Crippen MR) is 122 cm³/mol. The molecule has 31 heavy (non-hydrogen) atoms. The highest BCUT2D eigenvalue weighted by atomic mass is 16.2. The number of hydrogen-bond donors (Lipinski definition) is 1. The Kier molecular flexibility index (Phi) is 6.94. The quantitative estimate of drug-likeness (QED) is 0.737. The number of carbonyl (C=O) groups excluding carboxylic acids is 3. The van der Waals surface area contributed by atoms with E-state index in [-0.39, 0.29) is 28.9 Å². The molecule has 1 aliphatic heterocycles. The van der Waals surface area contributed by atoms with Gasteiger partial charge < -0.3 is 10.2 Å². The van der Waals surface area contributed by atoms with Gasteiger partial charge in [0.15, 0.2) is 5.78 Å². The number of piperidine rings is 1. The zero-order valence-corrected chi connectivity index (χ0v) is 18.9. The second kappa shape index (κ2) is 9.46. The van der Waals surface area contributed by atoms with E-state index in [4.69, 9.17) is 0 Å². The van der Waals surface area contributed by atoms with E-state index in [0.717, 1.165) is 11.1 Å². The minimum Gasteiger partial charge on any atom is -0.341 e. The van der Waals surface area contributed by atoms with Crippen molar-refractivity contribution < 1.29 is 14.4 Å². The number of benzene rings is 2. The Hall–Kier alpha value is -2.95. The number of nitrogens with one attached hydrogen (secondary N) is 1. The van der Waals surface area contributed by atoms with E-state index >= 15 is 0 Å². The molecule has 1 aliphatic rings. The summed E-state index contributed by atoms with van der Waals surface area (Å²) in [5.41, 5.74) is 2.44. The van der Waals surface area contributed by atoms with Crippen LogP contribution in [0.25, 0.3) is 0 Å². The first-order valence-corrected chi connectivity index (χ1v) is 11.0. The predicted octanol–water partition coefficient (Wildman–Crippen LogP) is 4.22. The molecule has 1 N–H and O–H groups in total. The smallest absolute Gasteiger partial charge is 0.251 e. The molecule has 0 unspecified atom stereocenters. The number of Topliss-reactive ketones (excluding diaryl/α,β-unsaturated/α-hetero) is 1. The minimum absolute atomic E-state index is 0.0201. The van der Waals surface area contributed by atoms with Crippen molar-refractivity contribution in [1.29, 1.82) is 0 Å². The van der Waals surface area contributed by atoms with E-state index in [2.05, 4.69) is 26.1 Å². The van der Waals surface area contributed by atoms with Gasteiger partial charge in [-0.25, -0.2) is 0 Å². The standard InChI is InChI=1S/C26H32N2O3/c1-18(27-24(30)21-10-12-22(13-11-21)26(2,3)4)25(31)28-16-14-20(15-17-28)23(29)19-8-6-5-7-9-19/h5-13,18,20H,14-17H2,1-4H3,(H,27,30)/t18-/m0/s1. The van der Waals surface area contributed by atoms with Crippen molar-refractivity contribution in [2.24, 2.45) is 5.92 Å². The van der Waals surface area contributed by atoms with Crippen molar-refractivity contribution in [1.82, 2.24) is 10.2 Å². The Balaban J connectivity index is 1.52. The van der Waals surface area contributed by atoms with Crippen LogP contribution in [0.3, 0.4) is 0 Å². The molecule has 0 radical (unpaired) electrons. The normalized spacial score (nSPS) is 15.9. The average Bonchev–Trinajstić information content (AvgIpc) is 2.78. The number of carbonyl (C=O) groups is 3. The summed E-state index contributed by atoms with van der Waals surface area (Å²) in [4.78, 5) is 39.8. The molecule has 2 amide bonds. The lowest BCUT2D eigenvalue weighted by Gasteiger charge is -2.33. The molecule has 1 atom stereocenters. The highest BCUT2D eigenvalue weighted by molar-refractivity contribution is 5.98. The van der Waals surface area contributed by atoms with Crippen LogP contribution < -0.4 is 5.32 Å². The molecular formula is C26H32N2O3. The van der Waals surface area contributed by atoms with Gasteiger partial charge in [0.1, 0.15) is 6.04 Å². The van der Waals surface area contributed by atoms with Crippen molar-refractivity contribution >= 4 is 17.6 Å². The number of likely N-dealkylation sites (tertiary alicyclic amines) is 1. The van der Waals surface area contributed by atoms with Crippen LogP contribution >= 0.6 is 0 Å². The molecule has 164 valence electrons. The minimum atomic E-state index is -0.615. The molecule has 0 saturated carbocycles. The third-order valence-electron chi connectivity index (χ3n) is 5.97. The van der Waals surface area contributed by atoms with Crippen LogP contribution in [0.5, 0.6) is 0 Å².